The monoisotopic (exact) mass is 244 g/mol. The molecule has 0 fully saturated rings. The standard InChI is InChI=1S/C14H16N2O2/c1-2-3-9-13(17)16-14-12(10-15-18-14)11-7-5-4-6-8-11/h4-8,10H,2-3,9H2,1H3,(H,16,17). The predicted octanol–water partition coefficient (Wildman–Crippen LogP) is 3.47. The van der Waals surface area contributed by atoms with E-state index in [0.717, 1.165) is 24.0 Å². The predicted molar refractivity (Wildman–Crippen MR) is 70.1 cm³/mol. The third-order valence-electron chi connectivity index (χ3n) is 2.67. The van der Waals surface area contributed by atoms with Gasteiger partial charge in [0.15, 0.2) is 0 Å². The molecule has 2 aromatic rings. The van der Waals surface area contributed by atoms with Gasteiger partial charge in [-0.1, -0.05) is 48.8 Å². The van der Waals surface area contributed by atoms with Crippen LogP contribution >= 0.6 is 0 Å². The summed E-state index contributed by atoms with van der Waals surface area (Å²) < 4.78 is 5.09. The molecule has 0 unspecified atom stereocenters. The molecule has 0 atom stereocenters. The summed E-state index contributed by atoms with van der Waals surface area (Å²) in [5.74, 6) is 0.382. The van der Waals surface area contributed by atoms with E-state index in [1.807, 2.05) is 30.3 Å². The lowest BCUT2D eigenvalue weighted by Gasteiger charge is -2.03. The maximum Gasteiger partial charge on any atom is 0.239 e. The van der Waals surface area contributed by atoms with Gasteiger partial charge in [0, 0.05) is 6.42 Å². The fourth-order valence-electron chi connectivity index (χ4n) is 1.68. The SMILES string of the molecule is CCCCC(=O)Nc1oncc1-c1ccccc1. The number of nitrogens with zero attached hydrogens (tertiary/aromatic N) is 1. The molecule has 1 aromatic heterocycles. The van der Waals surface area contributed by atoms with Crippen molar-refractivity contribution >= 4 is 11.8 Å². The topological polar surface area (TPSA) is 55.1 Å². The van der Waals surface area contributed by atoms with Gasteiger partial charge >= 0.3 is 0 Å². The normalized spacial score (nSPS) is 10.3. The number of unbranched alkanes of at least 4 members (excludes halogenated alkanes) is 1. The Balaban J connectivity index is 2.11. The summed E-state index contributed by atoms with van der Waals surface area (Å²) in [4.78, 5) is 11.7. The van der Waals surface area contributed by atoms with E-state index in [9.17, 15) is 4.79 Å². The van der Waals surface area contributed by atoms with Gasteiger partial charge in [-0.2, -0.15) is 0 Å². The zero-order chi connectivity index (χ0) is 12.8. The van der Waals surface area contributed by atoms with Crippen molar-refractivity contribution < 1.29 is 9.32 Å². The van der Waals surface area contributed by atoms with Crippen LogP contribution in [-0.2, 0) is 4.79 Å². The van der Waals surface area contributed by atoms with Gasteiger partial charge in [-0.05, 0) is 12.0 Å². The Morgan fingerprint density at radius 1 is 1.33 bits per heavy atom. The molecular weight excluding hydrogens is 228 g/mol. The van der Waals surface area contributed by atoms with Crippen LogP contribution in [0, 0.1) is 0 Å². The smallest absolute Gasteiger partial charge is 0.239 e. The highest BCUT2D eigenvalue weighted by Crippen LogP contribution is 2.27. The lowest BCUT2D eigenvalue weighted by Crippen LogP contribution is -2.10. The summed E-state index contributed by atoms with van der Waals surface area (Å²) in [6.45, 7) is 2.05. The molecular formula is C14H16N2O2. The van der Waals surface area contributed by atoms with Crippen molar-refractivity contribution in [1.82, 2.24) is 5.16 Å². The molecule has 0 aliphatic carbocycles. The molecule has 4 nitrogen and oxygen atoms in total. The van der Waals surface area contributed by atoms with Gasteiger partial charge in [0.05, 0.1) is 11.8 Å². The number of benzene rings is 1. The molecule has 0 saturated heterocycles. The largest absolute Gasteiger partial charge is 0.338 e. The van der Waals surface area contributed by atoms with Gasteiger partial charge < -0.3 is 4.52 Å². The number of rotatable bonds is 5. The van der Waals surface area contributed by atoms with Crippen molar-refractivity contribution in [3.05, 3.63) is 36.5 Å². The number of anilines is 1. The fourth-order valence-corrected chi connectivity index (χ4v) is 1.68. The first kappa shape index (κ1) is 12.4. The van der Waals surface area contributed by atoms with Crippen LogP contribution in [0.3, 0.4) is 0 Å². The third kappa shape index (κ3) is 2.97. The lowest BCUT2D eigenvalue weighted by atomic mass is 10.1. The van der Waals surface area contributed by atoms with Gasteiger partial charge in [-0.25, -0.2) is 0 Å². The second kappa shape index (κ2) is 6.00. The van der Waals surface area contributed by atoms with E-state index in [4.69, 9.17) is 4.52 Å². The summed E-state index contributed by atoms with van der Waals surface area (Å²) in [5, 5.41) is 6.50. The van der Waals surface area contributed by atoms with E-state index in [2.05, 4.69) is 17.4 Å². The molecule has 4 heteroatoms. The van der Waals surface area contributed by atoms with Gasteiger partial charge in [-0.15, -0.1) is 0 Å². The number of carbonyl (C=O) groups is 1. The van der Waals surface area contributed by atoms with Crippen LogP contribution in [0.15, 0.2) is 41.1 Å². The highest BCUT2D eigenvalue weighted by atomic mass is 16.5. The van der Waals surface area contributed by atoms with Crippen molar-refractivity contribution in [2.75, 3.05) is 5.32 Å². The van der Waals surface area contributed by atoms with E-state index in [1.165, 1.54) is 0 Å². The molecule has 0 radical (unpaired) electrons. The van der Waals surface area contributed by atoms with Crippen LogP contribution in [0.4, 0.5) is 5.88 Å². The van der Waals surface area contributed by atoms with E-state index in [0.29, 0.717) is 12.3 Å². The van der Waals surface area contributed by atoms with Crippen LogP contribution in [-0.4, -0.2) is 11.1 Å². The Morgan fingerprint density at radius 3 is 2.83 bits per heavy atom. The van der Waals surface area contributed by atoms with Crippen LogP contribution in [0.2, 0.25) is 0 Å². The minimum Gasteiger partial charge on any atom is -0.338 e. The zero-order valence-corrected chi connectivity index (χ0v) is 10.3. The molecule has 0 spiro atoms. The molecule has 94 valence electrons. The quantitative estimate of drug-likeness (QED) is 0.876. The summed E-state index contributed by atoms with van der Waals surface area (Å²) in [5.41, 5.74) is 1.78. The van der Waals surface area contributed by atoms with Crippen molar-refractivity contribution in [3.8, 4) is 11.1 Å². The molecule has 1 amide bonds. The molecule has 1 heterocycles. The van der Waals surface area contributed by atoms with E-state index in [-0.39, 0.29) is 5.91 Å². The molecule has 1 aromatic carbocycles. The first-order valence-corrected chi connectivity index (χ1v) is 6.11. The number of hydrogen-bond donors (Lipinski definition) is 1. The van der Waals surface area contributed by atoms with Crippen LogP contribution in [0.25, 0.3) is 11.1 Å². The van der Waals surface area contributed by atoms with Gasteiger partial charge in [-0.3, -0.25) is 10.1 Å². The summed E-state index contributed by atoms with van der Waals surface area (Å²) in [7, 11) is 0. The molecule has 0 aliphatic rings. The van der Waals surface area contributed by atoms with Crippen molar-refractivity contribution in [1.29, 1.82) is 0 Å². The average molecular weight is 244 g/mol. The van der Waals surface area contributed by atoms with Crippen molar-refractivity contribution in [3.63, 3.8) is 0 Å². The van der Waals surface area contributed by atoms with Crippen molar-refractivity contribution in [2.45, 2.75) is 26.2 Å². The highest BCUT2D eigenvalue weighted by molar-refractivity contribution is 5.93. The fraction of sp³-hybridized carbons (Fsp3) is 0.286. The Labute approximate surface area is 106 Å². The Bertz CT molecular complexity index is 506. The summed E-state index contributed by atoms with van der Waals surface area (Å²) in [6, 6.07) is 9.72. The second-order valence-electron chi connectivity index (χ2n) is 4.09. The number of nitrogens with one attached hydrogen (secondary N) is 1. The van der Waals surface area contributed by atoms with Crippen LogP contribution < -0.4 is 5.32 Å². The molecule has 18 heavy (non-hydrogen) atoms. The van der Waals surface area contributed by atoms with E-state index in [1.54, 1.807) is 6.20 Å². The van der Waals surface area contributed by atoms with Gasteiger partial charge in [0.1, 0.15) is 0 Å². The van der Waals surface area contributed by atoms with Crippen LogP contribution in [0.5, 0.6) is 0 Å². The maximum atomic E-state index is 11.7. The van der Waals surface area contributed by atoms with Crippen LogP contribution in [0.1, 0.15) is 26.2 Å². The second-order valence-corrected chi connectivity index (χ2v) is 4.09. The Hall–Kier alpha value is -2.10. The van der Waals surface area contributed by atoms with Gasteiger partial charge in [0.25, 0.3) is 0 Å². The molecule has 0 saturated carbocycles. The molecule has 0 bridgehead atoms. The van der Waals surface area contributed by atoms with E-state index < -0.39 is 0 Å². The Morgan fingerprint density at radius 2 is 2.11 bits per heavy atom. The third-order valence-corrected chi connectivity index (χ3v) is 2.67. The molecule has 1 N–H and O–H groups in total. The summed E-state index contributed by atoms with van der Waals surface area (Å²) in [6.07, 6.45) is 3.99. The Kier molecular flexibility index (Phi) is 4.12. The van der Waals surface area contributed by atoms with Gasteiger partial charge in [0.2, 0.25) is 11.8 Å². The minimum atomic E-state index is -0.0363. The number of aromatic nitrogens is 1. The zero-order valence-electron chi connectivity index (χ0n) is 10.3. The number of amides is 1. The first-order chi connectivity index (χ1) is 8.81. The minimum absolute atomic E-state index is 0.0363. The average Bonchev–Trinajstić information content (AvgIpc) is 2.85. The van der Waals surface area contributed by atoms with Crippen molar-refractivity contribution in [2.24, 2.45) is 0 Å². The highest BCUT2D eigenvalue weighted by Gasteiger charge is 2.12. The molecule has 2 rings (SSSR count). The van der Waals surface area contributed by atoms with E-state index >= 15 is 0 Å². The summed E-state index contributed by atoms with van der Waals surface area (Å²) >= 11 is 0. The lowest BCUT2D eigenvalue weighted by molar-refractivity contribution is -0.116. The maximum absolute atomic E-state index is 11.7. The first-order valence-electron chi connectivity index (χ1n) is 6.11. The molecule has 0 aliphatic heterocycles. The number of hydrogen-bond acceptors (Lipinski definition) is 3. The number of carbonyl (C=O) groups excluding carboxylic acids is 1.